The van der Waals surface area contributed by atoms with Gasteiger partial charge in [0.25, 0.3) is 0 Å². The van der Waals surface area contributed by atoms with Crippen LogP contribution < -0.4 is 0 Å². The third kappa shape index (κ3) is 1.44. The summed E-state index contributed by atoms with van der Waals surface area (Å²) in [6.45, 7) is 4.00. The van der Waals surface area contributed by atoms with Crippen molar-refractivity contribution in [3.8, 4) is 0 Å². The normalized spacial score (nSPS) is 49.8. The monoisotopic (exact) mass is 248 g/mol. The molecule has 0 radical (unpaired) electrons. The van der Waals surface area contributed by atoms with E-state index >= 15 is 0 Å². The van der Waals surface area contributed by atoms with Gasteiger partial charge in [-0.3, -0.25) is 4.79 Å². The third-order valence-electron chi connectivity index (χ3n) is 5.77. The molecule has 2 nitrogen and oxygen atoms in total. The zero-order valence-electron chi connectivity index (χ0n) is 11.6. The van der Waals surface area contributed by atoms with Crippen molar-refractivity contribution in [2.24, 2.45) is 41.4 Å². The number of rotatable bonds is 1. The van der Waals surface area contributed by atoms with Crippen LogP contribution in [0.1, 0.15) is 33.1 Å². The van der Waals surface area contributed by atoms with Gasteiger partial charge in [-0.05, 0) is 54.8 Å². The first-order chi connectivity index (χ1) is 8.79. The molecule has 4 bridgehead atoms. The van der Waals surface area contributed by atoms with Crippen LogP contribution in [0.15, 0.2) is 12.2 Å². The number of allylic oxidation sites excluding steroid dienone is 2. The lowest BCUT2D eigenvalue weighted by Gasteiger charge is -2.35. The minimum absolute atomic E-state index is 0.0534. The van der Waals surface area contributed by atoms with Crippen LogP contribution in [0.4, 0.5) is 0 Å². The predicted octanol–water partition coefficient (Wildman–Crippen LogP) is 3.28. The molecule has 0 aromatic heterocycles. The molecule has 0 aromatic carbocycles. The van der Waals surface area contributed by atoms with Crippen LogP contribution in [-0.2, 0) is 9.53 Å². The van der Waals surface area contributed by atoms with Crippen LogP contribution in [0, 0.1) is 41.4 Å². The first kappa shape index (κ1) is 12.3. The summed E-state index contributed by atoms with van der Waals surface area (Å²) in [6.07, 6.45) is 8.64. The molecule has 4 aliphatic carbocycles. The smallest absolute Gasteiger partial charge is 0.308 e. The molecule has 0 heterocycles. The lowest BCUT2D eigenvalue weighted by Crippen LogP contribution is -2.34. The number of fused-ring (bicyclic) bond motifs is 9. The summed E-state index contributed by atoms with van der Waals surface area (Å²) in [5, 5.41) is 0. The van der Waals surface area contributed by atoms with E-state index in [1.54, 1.807) is 0 Å². The highest BCUT2D eigenvalue weighted by Crippen LogP contribution is 2.66. The van der Waals surface area contributed by atoms with Gasteiger partial charge in [-0.15, -0.1) is 0 Å². The van der Waals surface area contributed by atoms with Crippen LogP contribution in [0.3, 0.4) is 0 Å². The third-order valence-corrected chi connectivity index (χ3v) is 5.77. The van der Waals surface area contributed by atoms with E-state index in [0.717, 1.165) is 36.0 Å². The molecule has 18 heavy (non-hydrogen) atoms. The molecule has 100 valence electrons. The summed E-state index contributed by atoms with van der Waals surface area (Å²) in [5.74, 6) is 5.11. The fourth-order valence-corrected chi connectivity index (χ4v) is 5.44. The summed E-state index contributed by atoms with van der Waals surface area (Å²) in [5.41, 5.74) is 0. The minimum atomic E-state index is 0.0534. The van der Waals surface area contributed by atoms with E-state index in [1.807, 2.05) is 13.8 Å². The van der Waals surface area contributed by atoms with Gasteiger partial charge in [0.15, 0.2) is 0 Å². The van der Waals surface area contributed by atoms with E-state index in [4.69, 9.17) is 4.74 Å². The maximum Gasteiger partial charge on any atom is 0.308 e. The van der Waals surface area contributed by atoms with Crippen molar-refractivity contribution in [1.82, 2.24) is 0 Å². The van der Waals surface area contributed by atoms with Crippen molar-refractivity contribution < 1.29 is 9.53 Å². The van der Waals surface area contributed by atoms with Gasteiger partial charge in [0.2, 0.25) is 0 Å². The van der Waals surface area contributed by atoms with Crippen LogP contribution in [0.25, 0.3) is 0 Å². The summed E-state index contributed by atoms with van der Waals surface area (Å²) in [6, 6.07) is 0. The van der Waals surface area contributed by atoms with E-state index < -0.39 is 0 Å². The molecule has 4 rings (SSSR count). The highest BCUT2D eigenvalue weighted by molar-refractivity contribution is 5.73. The quantitative estimate of drug-likeness (QED) is 0.404. The topological polar surface area (TPSA) is 26.3 Å². The fourth-order valence-electron chi connectivity index (χ4n) is 5.44. The van der Waals surface area contributed by atoms with Gasteiger partial charge < -0.3 is 4.74 Å². The number of hydrogen-bond acceptors (Lipinski definition) is 2. The Hall–Kier alpha value is -0.790. The second-order valence-corrected chi connectivity index (χ2v) is 6.13. The Kier molecular flexibility index (Phi) is 2.99. The SMILES string of the molecule is CC.COC(=O)C1CC2CC1C1C3C=CC(C3)C21. The van der Waals surface area contributed by atoms with Gasteiger partial charge in [0.05, 0.1) is 13.0 Å². The van der Waals surface area contributed by atoms with E-state index in [9.17, 15) is 4.79 Å². The second-order valence-electron chi connectivity index (χ2n) is 6.13. The molecular weight excluding hydrogens is 224 g/mol. The first-order valence-electron chi connectivity index (χ1n) is 7.55. The van der Waals surface area contributed by atoms with Crippen LogP contribution in [-0.4, -0.2) is 13.1 Å². The Bertz CT molecular complexity index is 373. The molecule has 0 aromatic rings. The zero-order valence-corrected chi connectivity index (χ0v) is 11.6. The molecule has 3 fully saturated rings. The molecule has 0 spiro atoms. The Labute approximate surface area is 110 Å². The van der Waals surface area contributed by atoms with E-state index in [-0.39, 0.29) is 11.9 Å². The van der Waals surface area contributed by atoms with Crippen molar-refractivity contribution >= 4 is 5.97 Å². The lowest BCUT2D eigenvalue weighted by molar-refractivity contribution is -0.148. The number of methoxy groups -OCH3 is 1. The molecule has 3 saturated carbocycles. The first-order valence-corrected chi connectivity index (χ1v) is 7.55. The molecule has 4 aliphatic rings. The molecule has 0 amide bonds. The Morgan fingerprint density at radius 3 is 2.39 bits per heavy atom. The lowest BCUT2D eigenvalue weighted by atomic mass is 9.69. The Morgan fingerprint density at radius 2 is 1.72 bits per heavy atom. The van der Waals surface area contributed by atoms with Crippen molar-refractivity contribution in [2.75, 3.05) is 7.11 Å². The van der Waals surface area contributed by atoms with Crippen LogP contribution in [0.2, 0.25) is 0 Å². The average molecular weight is 248 g/mol. The highest BCUT2D eigenvalue weighted by Gasteiger charge is 2.62. The summed E-state index contributed by atoms with van der Waals surface area (Å²) in [7, 11) is 1.53. The Balaban J connectivity index is 0.000000478. The molecule has 0 aliphatic heterocycles. The summed E-state index contributed by atoms with van der Waals surface area (Å²) >= 11 is 0. The van der Waals surface area contributed by atoms with Crippen molar-refractivity contribution in [1.29, 1.82) is 0 Å². The molecular formula is C16H24O2. The molecule has 0 N–H and O–H groups in total. The van der Waals surface area contributed by atoms with Crippen LogP contribution in [0.5, 0.6) is 0 Å². The van der Waals surface area contributed by atoms with Gasteiger partial charge >= 0.3 is 5.97 Å². The van der Waals surface area contributed by atoms with Gasteiger partial charge in [-0.2, -0.15) is 0 Å². The van der Waals surface area contributed by atoms with Crippen molar-refractivity contribution in [3.63, 3.8) is 0 Å². The fraction of sp³-hybridized carbons (Fsp3) is 0.812. The van der Waals surface area contributed by atoms with E-state index in [1.165, 1.54) is 20.0 Å². The van der Waals surface area contributed by atoms with Crippen LogP contribution >= 0.6 is 0 Å². The minimum Gasteiger partial charge on any atom is -0.469 e. The molecule has 7 atom stereocenters. The number of carbonyl (C=O) groups is 1. The Morgan fingerprint density at radius 1 is 1.06 bits per heavy atom. The van der Waals surface area contributed by atoms with Gasteiger partial charge in [0.1, 0.15) is 0 Å². The molecule has 7 unspecified atom stereocenters. The number of ether oxygens (including phenoxy) is 1. The van der Waals surface area contributed by atoms with Crippen molar-refractivity contribution in [2.45, 2.75) is 33.1 Å². The standard InChI is InChI=1S/C14H18O2.C2H6/c1-16-14(15)11-6-9-5-10(11)13-8-3-2-7(4-8)12(9)13;1-2/h2-3,7-13H,4-6H2,1H3;1-2H3. The zero-order chi connectivity index (χ0) is 12.9. The van der Waals surface area contributed by atoms with E-state index in [0.29, 0.717) is 5.92 Å². The summed E-state index contributed by atoms with van der Waals surface area (Å²) < 4.78 is 4.96. The molecule has 0 saturated heterocycles. The average Bonchev–Trinajstić information content (AvgIpc) is 3.16. The maximum atomic E-state index is 11.8. The van der Waals surface area contributed by atoms with Gasteiger partial charge in [-0.1, -0.05) is 26.0 Å². The number of carbonyl (C=O) groups excluding carboxylic acids is 1. The highest BCUT2D eigenvalue weighted by atomic mass is 16.5. The van der Waals surface area contributed by atoms with E-state index in [2.05, 4.69) is 12.2 Å². The second kappa shape index (κ2) is 4.40. The van der Waals surface area contributed by atoms with Gasteiger partial charge in [0, 0.05) is 0 Å². The molecule has 2 heteroatoms. The maximum absolute atomic E-state index is 11.8. The largest absolute Gasteiger partial charge is 0.469 e. The number of esters is 1. The summed E-state index contributed by atoms with van der Waals surface area (Å²) in [4.78, 5) is 11.8. The van der Waals surface area contributed by atoms with Gasteiger partial charge in [-0.25, -0.2) is 0 Å². The predicted molar refractivity (Wildman–Crippen MR) is 70.8 cm³/mol. The van der Waals surface area contributed by atoms with Crippen molar-refractivity contribution in [3.05, 3.63) is 12.2 Å². The number of hydrogen-bond donors (Lipinski definition) is 0.